The fourth-order valence-corrected chi connectivity index (χ4v) is 4.42. The van der Waals surface area contributed by atoms with Crippen molar-refractivity contribution < 1.29 is 18.7 Å². The van der Waals surface area contributed by atoms with Crippen LogP contribution in [-0.4, -0.2) is 67.8 Å². The normalized spacial score (nSPS) is 30.3. The first-order chi connectivity index (χ1) is 12.2. The minimum atomic E-state index is -0.485. The monoisotopic (exact) mass is 348 g/mol. The highest BCUT2D eigenvalue weighted by Gasteiger charge is 2.54. The SMILES string of the molecule is O=C(N1CCOCC1)[C@@]12CCO[C@@H]1CCN(Cc1ccccc1F)C2. The van der Waals surface area contributed by atoms with E-state index in [1.807, 2.05) is 17.0 Å². The third-order valence-corrected chi connectivity index (χ3v) is 5.77. The number of ether oxygens (including phenoxy) is 2. The summed E-state index contributed by atoms with van der Waals surface area (Å²) < 4.78 is 25.3. The summed E-state index contributed by atoms with van der Waals surface area (Å²) in [6.07, 6.45) is 1.56. The Morgan fingerprint density at radius 1 is 1.20 bits per heavy atom. The molecule has 3 fully saturated rings. The molecule has 3 aliphatic heterocycles. The molecule has 2 atom stereocenters. The van der Waals surface area contributed by atoms with Crippen molar-refractivity contribution in [2.75, 3.05) is 46.0 Å². The van der Waals surface area contributed by atoms with Crippen LogP contribution in [0.1, 0.15) is 18.4 Å². The number of hydrogen-bond acceptors (Lipinski definition) is 4. The number of likely N-dealkylation sites (tertiary alicyclic amines) is 1. The van der Waals surface area contributed by atoms with Crippen molar-refractivity contribution in [1.82, 2.24) is 9.80 Å². The van der Waals surface area contributed by atoms with Crippen LogP contribution in [0, 0.1) is 11.2 Å². The van der Waals surface area contributed by atoms with Crippen LogP contribution in [0.5, 0.6) is 0 Å². The lowest BCUT2D eigenvalue weighted by Gasteiger charge is -2.45. The molecule has 0 N–H and O–H groups in total. The highest BCUT2D eigenvalue weighted by molar-refractivity contribution is 5.84. The third kappa shape index (κ3) is 3.18. The van der Waals surface area contributed by atoms with E-state index in [-0.39, 0.29) is 17.8 Å². The van der Waals surface area contributed by atoms with Crippen molar-refractivity contribution in [2.45, 2.75) is 25.5 Å². The summed E-state index contributed by atoms with van der Waals surface area (Å²) in [5.41, 5.74) is 0.203. The van der Waals surface area contributed by atoms with E-state index in [0.717, 1.165) is 19.4 Å². The maximum absolute atomic E-state index is 14.0. The van der Waals surface area contributed by atoms with E-state index in [4.69, 9.17) is 9.47 Å². The molecule has 4 rings (SSSR count). The molecule has 0 saturated carbocycles. The first-order valence-corrected chi connectivity index (χ1v) is 9.13. The molecule has 1 amide bonds. The van der Waals surface area contributed by atoms with Gasteiger partial charge in [-0.1, -0.05) is 18.2 Å². The number of carbonyl (C=O) groups is 1. The summed E-state index contributed by atoms with van der Waals surface area (Å²) in [5.74, 6) is 0.0115. The maximum atomic E-state index is 14.0. The topological polar surface area (TPSA) is 42.0 Å². The van der Waals surface area contributed by atoms with Gasteiger partial charge in [0.05, 0.1) is 24.7 Å². The Bertz CT molecular complexity index is 635. The van der Waals surface area contributed by atoms with Gasteiger partial charge in [-0.3, -0.25) is 9.69 Å². The van der Waals surface area contributed by atoms with E-state index in [9.17, 15) is 9.18 Å². The lowest BCUT2D eigenvalue weighted by molar-refractivity contribution is -0.154. The highest BCUT2D eigenvalue weighted by Crippen LogP contribution is 2.43. The molecule has 0 bridgehead atoms. The van der Waals surface area contributed by atoms with E-state index >= 15 is 0 Å². The molecule has 25 heavy (non-hydrogen) atoms. The second-order valence-electron chi connectivity index (χ2n) is 7.26. The summed E-state index contributed by atoms with van der Waals surface area (Å²) in [6, 6.07) is 6.89. The van der Waals surface area contributed by atoms with Crippen molar-refractivity contribution in [2.24, 2.45) is 5.41 Å². The largest absolute Gasteiger partial charge is 0.378 e. The quantitative estimate of drug-likeness (QED) is 0.833. The molecule has 3 aliphatic rings. The number of carbonyl (C=O) groups excluding carboxylic acids is 1. The minimum absolute atomic E-state index is 0.0142. The second-order valence-corrected chi connectivity index (χ2v) is 7.26. The number of benzene rings is 1. The first-order valence-electron chi connectivity index (χ1n) is 9.13. The zero-order valence-corrected chi connectivity index (χ0v) is 14.5. The molecule has 3 saturated heterocycles. The van der Waals surface area contributed by atoms with Crippen LogP contribution >= 0.6 is 0 Å². The van der Waals surface area contributed by atoms with Gasteiger partial charge >= 0.3 is 0 Å². The Kier molecular flexibility index (Phi) is 4.75. The van der Waals surface area contributed by atoms with Crippen LogP contribution in [0.2, 0.25) is 0 Å². The Morgan fingerprint density at radius 3 is 2.80 bits per heavy atom. The van der Waals surface area contributed by atoms with Gasteiger partial charge in [-0.05, 0) is 18.9 Å². The van der Waals surface area contributed by atoms with Crippen LogP contribution in [-0.2, 0) is 20.8 Å². The van der Waals surface area contributed by atoms with Crippen LogP contribution < -0.4 is 0 Å². The Balaban J connectivity index is 1.52. The first kappa shape index (κ1) is 16.9. The smallest absolute Gasteiger partial charge is 0.232 e. The van der Waals surface area contributed by atoms with Gasteiger partial charge in [0.1, 0.15) is 5.82 Å². The van der Waals surface area contributed by atoms with Crippen molar-refractivity contribution in [3.05, 3.63) is 35.6 Å². The van der Waals surface area contributed by atoms with Gasteiger partial charge in [-0.15, -0.1) is 0 Å². The predicted octanol–water partition coefficient (Wildman–Crippen LogP) is 1.67. The molecule has 0 unspecified atom stereocenters. The Hall–Kier alpha value is -1.50. The van der Waals surface area contributed by atoms with Crippen molar-refractivity contribution in [3.8, 4) is 0 Å². The average molecular weight is 348 g/mol. The van der Waals surface area contributed by atoms with Crippen LogP contribution in [0.3, 0.4) is 0 Å². The fourth-order valence-electron chi connectivity index (χ4n) is 4.42. The van der Waals surface area contributed by atoms with E-state index in [1.54, 1.807) is 6.07 Å². The summed E-state index contributed by atoms with van der Waals surface area (Å²) in [7, 11) is 0. The van der Waals surface area contributed by atoms with Gasteiger partial charge in [0.15, 0.2) is 0 Å². The molecule has 5 nitrogen and oxygen atoms in total. The van der Waals surface area contributed by atoms with Gasteiger partial charge in [0.2, 0.25) is 5.91 Å². The number of hydrogen-bond donors (Lipinski definition) is 0. The molecular formula is C19H25FN2O3. The van der Waals surface area contributed by atoms with Crippen molar-refractivity contribution in [3.63, 3.8) is 0 Å². The lowest BCUT2D eigenvalue weighted by atomic mass is 9.75. The number of nitrogens with zero attached hydrogens (tertiary/aromatic N) is 2. The molecule has 6 heteroatoms. The van der Waals surface area contributed by atoms with Gasteiger partial charge < -0.3 is 14.4 Å². The Morgan fingerprint density at radius 2 is 2.00 bits per heavy atom. The fraction of sp³-hybridized carbons (Fsp3) is 0.632. The maximum Gasteiger partial charge on any atom is 0.232 e. The minimum Gasteiger partial charge on any atom is -0.378 e. The molecule has 1 aromatic carbocycles. The highest BCUT2D eigenvalue weighted by atomic mass is 19.1. The number of amides is 1. The van der Waals surface area contributed by atoms with Gasteiger partial charge in [-0.25, -0.2) is 4.39 Å². The molecule has 0 aromatic heterocycles. The van der Waals surface area contributed by atoms with Crippen LogP contribution in [0.25, 0.3) is 0 Å². The number of morpholine rings is 1. The van der Waals surface area contributed by atoms with Gasteiger partial charge in [0.25, 0.3) is 0 Å². The van der Waals surface area contributed by atoms with E-state index in [2.05, 4.69) is 4.90 Å². The third-order valence-electron chi connectivity index (χ3n) is 5.77. The standard InChI is InChI=1S/C19H25FN2O3/c20-16-4-2-1-3-15(16)13-21-7-5-17-19(14-21,6-10-25-17)18(23)22-8-11-24-12-9-22/h1-4,17H,5-14H2/t17-,19-/m1/s1. The second kappa shape index (κ2) is 7.02. The molecule has 3 heterocycles. The molecular weight excluding hydrogens is 323 g/mol. The number of piperidine rings is 1. The summed E-state index contributed by atoms with van der Waals surface area (Å²) in [5, 5.41) is 0. The van der Waals surface area contributed by atoms with Crippen LogP contribution in [0.4, 0.5) is 4.39 Å². The zero-order valence-electron chi connectivity index (χ0n) is 14.5. The van der Waals surface area contributed by atoms with E-state index in [1.165, 1.54) is 6.07 Å². The van der Waals surface area contributed by atoms with Gasteiger partial charge in [-0.2, -0.15) is 0 Å². The summed E-state index contributed by atoms with van der Waals surface area (Å²) >= 11 is 0. The number of halogens is 1. The van der Waals surface area contributed by atoms with Crippen molar-refractivity contribution >= 4 is 5.91 Å². The summed E-state index contributed by atoms with van der Waals surface area (Å²) in [4.78, 5) is 17.4. The van der Waals surface area contributed by atoms with E-state index in [0.29, 0.717) is 51.6 Å². The molecule has 0 aliphatic carbocycles. The summed E-state index contributed by atoms with van der Waals surface area (Å²) in [6.45, 7) is 5.16. The molecule has 136 valence electrons. The van der Waals surface area contributed by atoms with E-state index < -0.39 is 5.41 Å². The van der Waals surface area contributed by atoms with Gasteiger partial charge in [0, 0.05) is 44.9 Å². The van der Waals surface area contributed by atoms with Crippen molar-refractivity contribution in [1.29, 1.82) is 0 Å². The molecule has 0 radical (unpaired) electrons. The predicted molar refractivity (Wildman–Crippen MR) is 90.5 cm³/mol. The molecule has 0 spiro atoms. The van der Waals surface area contributed by atoms with Crippen LogP contribution in [0.15, 0.2) is 24.3 Å². The Labute approximate surface area is 147 Å². The lowest BCUT2D eigenvalue weighted by Crippen LogP contribution is -2.59. The number of fused-ring (bicyclic) bond motifs is 1. The average Bonchev–Trinajstić information content (AvgIpc) is 3.08. The molecule has 1 aromatic rings. The number of rotatable bonds is 3. The zero-order chi connectivity index (χ0) is 17.3.